The normalized spacial score (nSPS) is 17.7. The third-order valence-electron chi connectivity index (χ3n) is 4.65. The molecule has 0 aromatic heterocycles. The summed E-state index contributed by atoms with van der Waals surface area (Å²) in [5.74, 6) is 1.26. The molecule has 148 valence electrons. The van der Waals surface area contributed by atoms with E-state index in [4.69, 9.17) is 16.3 Å². The standard InChI is InChI=1S/C20H25ClN2O2.C2H6/c1-22-18-5-7-20(8-6-18)25-14-19(24)13-23-10-9-16(12-23)15-3-2-4-17(21)11-15;1-2/h2-8,11,16,19,22,24H,9-10,12-14H2,1H3;1-2H3. The van der Waals surface area contributed by atoms with Crippen LogP contribution in [0.1, 0.15) is 31.7 Å². The van der Waals surface area contributed by atoms with Gasteiger partial charge in [0.15, 0.2) is 0 Å². The maximum atomic E-state index is 10.3. The van der Waals surface area contributed by atoms with E-state index in [0.29, 0.717) is 19.1 Å². The van der Waals surface area contributed by atoms with Gasteiger partial charge in [0, 0.05) is 30.8 Å². The van der Waals surface area contributed by atoms with Gasteiger partial charge in [-0.15, -0.1) is 0 Å². The zero-order valence-electron chi connectivity index (χ0n) is 16.5. The predicted octanol–water partition coefficient (Wildman–Crippen LogP) is 4.64. The number of aliphatic hydroxyl groups excluding tert-OH is 1. The highest BCUT2D eigenvalue weighted by Gasteiger charge is 2.25. The fraction of sp³-hybridized carbons (Fsp3) is 0.455. The SMILES string of the molecule is CC.CNc1ccc(OCC(O)CN2CCC(c3cccc(Cl)c3)C2)cc1. The van der Waals surface area contributed by atoms with Crippen molar-refractivity contribution in [2.45, 2.75) is 32.3 Å². The lowest BCUT2D eigenvalue weighted by molar-refractivity contribution is 0.0754. The highest BCUT2D eigenvalue weighted by atomic mass is 35.5. The number of hydrogen-bond acceptors (Lipinski definition) is 4. The Morgan fingerprint density at radius 2 is 1.96 bits per heavy atom. The molecule has 1 aliphatic heterocycles. The molecule has 0 spiro atoms. The van der Waals surface area contributed by atoms with Crippen molar-refractivity contribution in [3.05, 3.63) is 59.1 Å². The summed E-state index contributed by atoms with van der Waals surface area (Å²) in [6.45, 7) is 6.88. The molecule has 5 heteroatoms. The van der Waals surface area contributed by atoms with E-state index in [0.717, 1.165) is 36.0 Å². The Morgan fingerprint density at radius 1 is 1.22 bits per heavy atom. The monoisotopic (exact) mass is 390 g/mol. The molecule has 0 aliphatic carbocycles. The minimum Gasteiger partial charge on any atom is -0.491 e. The van der Waals surface area contributed by atoms with Crippen LogP contribution in [0.4, 0.5) is 5.69 Å². The van der Waals surface area contributed by atoms with Crippen molar-refractivity contribution >= 4 is 17.3 Å². The third-order valence-corrected chi connectivity index (χ3v) is 4.88. The summed E-state index contributed by atoms with van der Waals surface area (Å²) in [7, 11) is 1.88. The van der Waals surface area contributed by atoms with E-state index >= 15 is 0 Å². The Labute approximate surface area is 168 Å². The lowest BCUT2D eigenvalue weighted by Crippen LogP contribution is -2.34. The lowest BCUT2D eigenvalue weighted by atomic mass is 9.99. The van der Waals surface area contributed by atoms with Crippen LogP contribution in [-0.2, 0) is 0 Å². The van der Waals surface area contributed by atoms with Crippen molar-refractivity contribution in [1.82, 2.24) is 4.90 Å². The first-order valence-corrected chi connectivity index (χ1v) is 10.1. The van der Waals surface area contributed by atoms with Crippen LogP contribution in [0.25, 0.3) is 0 Å². The average molecular weight is 391 g/mol. The van der Waals surface area contributed by atoms with E-state index in [2.05, 4.69) is 16.3 Å². The fourth-order valence-corrected chi connectivity index (χ4v) is 3.49. The summed E-state index contributed by atoms with van der Waals surface area (Å²) in [5.41, 5.74) is 2.32. The smallest absolute Gasteiger partial charge is 0.119 e. The molecule has 0 radical (unpaired) electrons. The minimum absolute atomic E-state index is 0.303. The number of aliphatic hydroxyl groups is 1. The number of β-amino-alcohol motifs (C(OH)–C–C–N with tert-alkyl or cyclic N) is 1. The highest BCUT2D eigenvalue weighted by molar-refractivity contribution is 6.30. The second-order valence-electron chi connectivity index (χ2n) is 6.54. The summed E-state index contributed by atoms with van der Waals surface area (Å²) in [5, 5.41) is 14.1. The van der Waals surface area contributed by atoms with Gasteiger partial charge in [-0.3, -0.25) is 0 Å². The number of nitrogens with one attached hydrogen (secondary N) is 1. The fourth-order valence-electron chi connectivity index (χ4n) is 3.29. The number of benzene rings is 2. The van der Waals surface area contributed by atoms with Gasteiger partial charge < -0.3 is 20.1 Å². The molecule has 2 atom stereocenters. The molecular formula is C22H31ClN2O2. The second-order valence-corrected chi connectivity index (χ2v) is 6.98. The Kier molecular flexibility index (Phi) is 8.92. The summed E-state index contributed by atoms with van der Waals surface area (Å²) in [6, 6.07) is 15.8. The first kappa shape index (κ1) is 21.5. The van der Waals surface area contributed by atoms with E-state index in [-0.39, 0.29) is 0 Å². The summed E-state index contributed by atoms with van der Waals surface area (Å²) in [4.78, 5) is 2.30. The van der Waals surface area contributed by atoms with Crippen LogP contribution >= 0.6 is 11.6 Å². The van der Waals surface area contributed by atoms with Crippen molar-refractivity contribution in [2.24, 2.45) is 0 Å². The molecule has 2 N–H and O–H groups in total. The number of halogens is 1. The van der Waals surface area contributed by atoms with E-state index in [9.17, 15) is 5.11 Å². The van der Waals surface area contributed by atoms with Gasteiger partial charge in [-0.25, -0.2) is 0 Å². The van der Waals surface area contributed by atoms with Crippen LogP contribution in [0.5, 0.6) is 5.75 Å². The van der Waals surface area contributed by atoms with E-state index in [1.165, 1.54) is 5.56 Å². The van der Waals surface area contributed by atoms with Crippen LogP contribution in [0.3, 0.4) is 0 Å². The molecule has 1 saturated heterocycles. The molecule has 2 unspecified atom stereocenters. The molecule has 0 amide bonds. The molecule has 0 bridgehead atoms. The summed E-state index contributed by atoms with van der Waals surface area (Å²) in [6.07, 6.45) is 0.599. The Bertz CT molecular complexity index is 678. The number of anilines is 1. The Balaban J connectivity index is 0.00000126. The van der Waals surface area contributed by atoms with Gasteiger partial charge in [-0.1, -0.05) is 37.6 Å². The van der Waals surface area contributed by atoms with E-state index in [1.807, 2.05) is 63.4 Å². The number of ether oxygens (including phenoxy) is 1. The van der Waals surface area contributed by atoms with Crippen LogP contribution in [0, 0.1) is 0 Å². The van der Waals surface area contributed by atoms with E-state index in [1.54, 1.807) is 0 Å². The predicted molar refractivity (Wildman–Crippen MR) is 114 cm³/mol. The van der Waals surface area contributed by atoms with Crippen molar-refractivity contribution < 1.29 is 9.84 Å². The van der Waals surface area contributed by atoms with Crippen LogP contribution in [0.2, 0.25) is 5.02 Å². The Hall–Kier alpha value is -1.75. The van der Waals surface area contributed by atoms with Crippen molar-refractivity contribution in [2.75, 3.05) is 38.6 Å². The quantitative estimate of drug-likeness (QED) is 0.723. The van der Waals surface area contributed by atoms with Gasteiger partial charge in [-0.2, -0.15) is 0 Å². The molecule has 27 heavy (non-hydrogen) atoms. The summed E-state index contributed by atoms with van der Waals surface area (Å²) >= 11 is 6.09. The van der Waals surface area contributed by atoms with Crippen molar-refractivity contribution in [3.63, 3.8) is 0 Å². The zero-order valence-corrected chi connectivity index (χ0v) is 17.2. The number of rotatable bonds is 7. The molecule has 1 aliphatic rings. The zero-order chi connectivity index (χ0) is 19.6. The summed E-state index contributed by atoms with van der Waals surface area (Å²) < 4.78 is 5.68. The number of hydrogen-bond donors (Lipinski definition) is 2. The first-order chi connectivity index (χ1) is 13.1. The largest absolute Gasteiger partial charge is 0.491 e. The van der Waals surface area contributed by atoms with Crippen LogP contribution in [-0.4, -0.2) is 49.4 Å². The van der Waals surface area contributed by atoms with Gasteiger partial charge >= 0.3 is 0 Å². The molecule has 2 aromatic rings. The minimum atomic E-state index is -0.498. The van der Waals surface area contributed by atoms with Gasteiger partial charge in [0.05, 0.1) is 0 Å². The molecule has 3 rings (SSSR count). The van der Waals surface area contributed by atoms with Gasteiger partial charge in [0.1, 0.15) is 18.5 Å². The highest BCUT2D eigenvalue weighted by Crippen LogP contribution is 2.28. The second kappa shape index (κ2) is 11.2. The van der Waals surface area contributed by atoms with E-state index < -0.39 is 6.10 Å². The lowest BCUT2D eigenvalue weighted by Gasteiger charge is -2.20. The Morgan fingerprint density at radius 3 is 2.63 bits per heavy atom. The third kappa shape index (κ3) is 6.73. The van der Waals surface area contributed by atoms with Crippen molar-refractivity contribution in [1.29, 1.82) is 0 Å². The van der Waals surface area contributed by atoms with Gasteiger partial charge in [0.2, 0.25) is 0 Å². The van der Waals surface area contributed by atoms with Crippen LogP contribution in [0.15, 0.2) is 48.5 Å². The topological polar surface area (TPSA) is 44.7 Å². The first-order valence-electron chi connectivity index (χ1n) is 9.70. The van der Waals surface area contributed by atoms with Gasteiger partial charge in [-0.05, 0) is 60.8 Å². The van der Waals surface area contributed by atoms with Crippen molar-refractivity contribution in [3.8, 4) is 5.75 Å². The maximum absolute atomic E-state index is 10.3. The molecular weight excluding hydrogens is 360 g/mol. The average Bonchev–Trinajstić information content (AvgIpc) is 3.17. The molecule has 1 heterocycles. The number of likely N-dealkylation sites (tertiary alicyclic amines) is 1. The molecule has 4 nitrogen and oxygen atoms in total. The number of nitrogens with zero attached hydrogens (tertiary/aromatic N) is 1. The maximum Gasteiger partial charge on any atom is 0.119 e. The molecule has 0 saturated carbocycles. The van der Waals surface area contributed by atoms with Crippen LogP contribution < -0.4 is 10.1 Å². The van der Waals surface area contributed by atoms with Gasteiger partial charge in [0.25, 0.3) is 0 Å². The molecule has 1 fully saturated rings. The molecule has 2 aromatic carbocycles.